The smallest absolute Gasteiger partial charge is 0.343 e. The van der Waals surface area contributed by atoms with Crippen LogP contribution in [-0.2, 0) is 16.6 Å². The molecule has 14 heteroatoms. The van der Waals surface area contributed by atoms with Crippen LogP contribution >= 0.6 is 0 Å². The number of anilines is 2. The summed E-state index contributed by atoms with van der Waals surface area (Å²) in [6.45, 7) is 15.4. The Kier molecular flexibility index (Phi) is 9.95. The number of nitrogens with one attached hydrogen (secondary N) is 2. The molecule has 4 fully saturated rings. The fraction of sp³-hybridized carbons (Fsp3) is 0.458. The molecule has 4 saturated heterocycles. The molecule has 3 aromatic carbocycles. The summed E-state index contributed by atoms with van der Waals surface area (Å²) in [5.74, 6) is -0.882. The van der Waals surface area contributed by atoms with Crippen LogP contribution < -0.4 is 15.1 Å². The van der Waals surface area contributed by atoms with E-state index in [2.05, 4.69) is 68.9 Å². The number of hydrazine groups is 1. The first-order valence-corrected chi connectivity index (χ1v) is 22.3. The number of carbonyl (C=O) groups is 5. The highest BCUT2D eigenvalue weighted by atomic mass is 16.2. The Morgan fingerprint density at radius 1 is 0.774 bits per heavy atom. The molecule has 0 saturated carbocycles. The Balaban J connectivity index is 0.733. The topological polar surface area (TPSA) is 156 Å². The molecule has 0 atom stereocenters. The maximum absolute atomic E-state index is 14.2. The normalized spacial score (nSPS) is 21.4. The van der Waals surface area contributed by atoms with Crippen molar-refractivity contribution in [1.29, 1.82) is 5.26 Å². The lowest BCUT2D eigenvalue weighted by atomic mass is 9.70. The third-order valence-corrected chi connectivity index (χ3v) is 14.6. The SMILES string of the molecule is CCc1cc2c(cc1N1CCC(N3CCN(CC4CCN(c5cccc6c5C(=O)N(N5CCC(=O)NC5=O)C6=O)CC4)CC3)CC1)C(C)(C)c1[nH]c3cc(C#N)ccc3c1C2=O. The molecule has 0 spiro atoms. The second-order valence-electron chi connectivity index (χ2n) is 18.4. The highest BCUT2D eigenvalue weighted by Gasteiger charge is 2.46. The molecule has 0 radical (unpaired) electrons. The zero-order chi connectivity index (χ0) is 43.0. The standard InChI is InChI=1S/C48H53N9O5/c1-4-31-25-35-36(48(2,3)44-42(43(35)59)33-9-8-30(27-49)24-37(33)50-44)26-39(31)55-17-12-32(13-18-55)53-22-20-52(21-23-53)28-29-10-15-54(16-11-29)38-7-5-6-34-41(38)46(61)57(45(34)60)56-19-14-40(58)51-47(56)62/h5-9,24-26,29,32,50H,4,10-23,28H2,1-3H3,(H,51,58,62). The first-order chi connectivity index (χ1) is 29.9. The van der Waals surface area contributed by atoms with Crippen LogP contribution in [0.2, 0.25) is 0 Å². The Hall–Kier alpha value is -6.04. The first-order valence-electron chi connectivity index (χ1n) is 22.3. The molecule has 62 heavy (non-hydrogen) atoms. The maximum atomic E-state index is 14.2. The van der Waals surface area contributed by atoms with Crippen molar-refractivity contribution < 1.29 is 24.0 Å². The summed E-state index contributed by atoms with van der Waals surface area (Å²) in [5, 5.41) is 14.5. The monoisotopic (exact) mass is 835 g/mol. The minimum atomic E-state index is -0.759. The van der Waals surface area contributed by atoms with E-state index in [9.17, 15) is 29.2 Å². The van der Waals surface area contributed by atoms with E-state index in [0.717, 1.165) is 140 Å². The van der Waals surface area contributed by atoms with Gasteiger partial charge < -0.3 is 19.7 Å². The first kappa shape index (κ1) is 40.1. The van der Waals surface area contributed by atoms with Crippen molar-refractivity contribution in [2.24, 2.45) is 5.92 Å². The van der Waals surface area contributed by atoms with Gasteiger partial charge in [0.15, 0.2) is 5.78 Å². The predicted octanol–water partition coefficient (Wildman–Crippen LogP) is 5.43. The van der Waals surface area contributed by atoms with Crippen LogP contribution in [-0.4, -0.2) is 126 Å². The van der Waals surface area contributed by atoms with Crippen molar-refractivity contribution in [3.05, 3.63) is 93.2 Å². The molecular formula is C48H53N9O5. The van der Waals surface area contributed by atoms with Gasteiger partial charge in [0.05, 0.1) is 40.6 Å². The molecule has 2 N–H and O–H groups in total. The molecule has 6 heterocycles. The van der Waals surface area contributed by atoms with E-state index in [4.69, 9.17) is 0 Å². The number of imide groups is 2. The van der Waals surface area contributed by atoms with E-state index < -0.39 is 29.2 Å². The fourth-order valence-electron chi connectivity index (χ4n) is 11.1. The van der Waals surface area contributed by atoms with Crippen LogP contribution in [0.4, 0.5) is 16.2 Å². The summed E-state index contributed by atoms with van der Waals surface area (Å²) in [6, 6.07) is 17.3. The van der Waals surface area contributed by atoms with E-state index in [1.807, 2.05) is 18.2 Å². The Bertz CT molecular complexity index is 2580. The van der Waals surface area contributed by atoms with E-state index in [-0.39, 0.29) is 24.3 Å². The summed E-state index contributed by atoms with van der Waals surface area (Å²) in [6.07, 6.45) is 5.07. The molecule has 5 amide bonds. The number of aryl methyl sites for hydroxylation is 1. The van der Waals surface area contributed by atoms with Gasteiger partial charge in [-0.05, 0) is 85.5 Å². The number of urea groups is 1. The lowest BCUT2D eigenvalue weighted by molar-refractivity contribution is -0.122. The van der Waals surface area contributed by atoms with Crippen molar-refractivity contribution >= 4 is 51.8 Å². The van der Waals surface area contributed by atoms with E-state index in [1.165, 1.54) is 11.3 Å². The molecule has 0 unspecified atom stereocenters. The van der Waals surface area contributed by atoms with Crippen LogP contribution in [0.25, 0.3) is 10.9 Å². The van der Waals surface area contributed by atoms with Gasteiger partial charge in [-0.3, -0.25) is 29.4 Å². The van der Waals surface area contributed by atoms with Gasteiger partial charge in [0.1, 0.15) is 0 Å². The van der Waals surface area contributed by atoms with Crippen molar-refractivity contribution in [1.82, 2.24) is 30.1 Å². The van der Waals surface area contributed by atoms with Crippen molar-refractivity contribution in [3.8, 4) is 6.07 Å². The average molecular weight is 836 g/mol. The Morgan fingerprint density at radius 2 is 1.50 bits per heavy atom. The van der Waals surface area contributed by atoms with Gasteiger partial charge >= 0.3 is 6.03 Å². The van der Waals surface area contributed by atoms with Gasteiger partial charge in [0.2, 0.25) is 5.91 Å². The molecule has 6 aliphatic rings. The van der Waals surface area contributed by atoms with Crippen molar-refractivity contribution in [2.75, 3.05) is 75.2 Å². The van der Waals surface area contributed by atoms with Gasteiger partial charge in [-0.25, -0.2) is 9.80 Å². The third kappa shape index (κ3) is 6.55. The molecule has 1 aliphatic carbocycles. The van der Waals surface area contributed by atoms with E-state index >= 15 is 0 Å². The van der Waals surface area contributed by atoms with Gasteiger partial charge in [-0.15, -0.1) is 0 Å². The lowest BCUT2D eigenvalue weighted by Gasteiger charge is -2.45. The van der Waals surface area contributed by atoms with E-state index in [1.54, 1.807) is 18.2 Å². The maximum Gasteiger partial charge on any atom is 0.343 e. The number of fused-ring (bicyclic) bond motifs is 5. The summed E-state index contributed by atoms with van der Waals surface area (Å²) in [4.78, 5) is 79.0. The van der Waals surface area contributed by atoms with Gasteiger partial charge in [0.25, 0.3) is 11.8 Å². The second-order valence-corrected chi connectivity index (χ2v) is 18.4. The number of hydrogen-bond acceptors (Lipinski definition) is 10. The highest BCUT2D eigenvalue weighted by molar-refractivity contribution is 6.24. The van der Waals surface area contributed by atoms with Crippen LogP contribution in [0.15, 0.2) is 48.5 Å². The highest BCUT2D eigenvalue weighted by Crippen LogP contribution is 2.46. The average Bonchev–Trinajstić information content (AvgIpc) is 3.80. The third-order valence-electron chi connectivity index (χ3n) is 14.6. The number of nitriles is 1. The van der Waals surface area contributed by atoms with Gasteiger partial charge in [0, 0.05) is 105 Å². The van der Waals surface area contributed by atoms with Crippen molar-refractivity contribution in [2.45, 2.75) is 70.8 Å². The summed E-state index contributed by atoms with van der Waals surface area (Å²) in [5.41, 5.74) is 8.31. The summed E-state index contributed by atoms with van der Waals surface area (Å²) >= 11 is 0. The number of benzene rings is 3. The predicted molar refractivity (Wildman–Crippen MR) is 234 cm³/mol. The van der Waals surface area contributed by atoms with Crippen molar-refractivity contribution in [3.63, 3.8) is 0 Å². The molecule has 4 aromatic rings. The van der Waals surface area contributed by atoms with Crippen LogP contribution in [0.5, 0.6) is 0 Å². The minimum absolute atomic E-state index is 0.0216. The Labute approximate surface area is 361 Å². The van der Waals surface area contributed by atoms with Crippen LogP contribution in [0.3, 0.4) is 0 Å². The quantitative estimate of drug-likeness (QED) is 0.231. The number of amides is 5. The number of nitrogens with zero attached hydrogens (tertiary/aromatic N) is 7. The lowest BCUT2D eigenvalue weighted by Crippen LogP contribution is -2.58. The number of ketones is 1. The summed E-state index contributed by atoms with van der Waals surface area (Å²) < 4.78 is 0. The number of rotatable bonds is 7. The molecule has 5 aliphatic heterocycles. The van der Waals surface area contributed by atoms with Crippen LogP contribution in [0, 0.1) is 17.2 Å². The van der Waals surface area contributed by atoms with Gasteiger partial charge in [-0.2, -0.15) is 10.3 Å². The molecule has 1 aromatic heterocycles. The molecular weight excluding hydrogens is 783 g/mol. The Morgan fingerprint density at radius 3 is 2.21 bits per heavy atom. The number of aromatic amines is 1. The zero-order valence-corrected chi connectivity index (χ0v) is 35.8. The van der Waals surface area contributed by atoms with Gasteiger partial charge in [-0.1, -0.05) is 32.9 Å². The second kappa shape index (κ2) is 15.4. The summed E-state index contributed by atoms with van der Waals surface area (Å²) in [7, 11) is 0. The van der Waals surface area contributed by atoms with Crippen LogP contribution in [0.1, 0.15) is 112 Å². The molecule has 14 nitrogen and oxygen atoms in total. The number of piperazine rings is 1. The minimum Gasteiger partial charge on any atom is -0.371 e. The zero-order valence-electron chi connectivity index (χ0n) is 35.8. The van der Waals surface area contributed by atoms with E-state index in [0.29, 0.717) is 23.1 Å². The molecule has 320 valence electrons. The molecule has 0 bridgehead atoms. The fourth-order valence-corrected chi connectivity index (χ4v) is 11.1. The number of H-pyrrole nitrogens is 1. The number of hydrogen-bond donors (Lipinski definition) is 2. The number of piperidine rings is 2. The number of aromatic nitrogens is 1. The largest absolute Gasteiger partial charge is 0.371 e. The molecule has 10 rings (SSSR count). The number of carbonyl (C=O) groups excluding carboxylic acids is 5.